The second-order valence-corrected chi connectivity index (χ2v) is 9.03. The van der Waals surface area contributed by atoms with Gasteiger partial charge in [0.25, 0.3) is 11.5 Å². The summed E-state index contributed by atoms with van der Waals surface area (Å²) in [5.41, 5.74) is 1.66. The molecule has 2 aromatic carbocycles. The third kappa shape index (κ3) is 3.67. The zero-order valence-corrected chi connectivity index (χ0v) is 19.7. The van der Waals surface area contributed by atoms with Crippen molar-refractivity contribution in [3.8, 4) is 5.75 Å². The molecular formula is C24H23BrN4O4. The predicted octanol–water partition coefficient (Wildman–Crippen LogP) is 3.93. The minimum absolute atomic E-state index is 0.0424. The van der Waals surface area contributed by atoms with Gasteiger partial charge in [0.1, 0.15) is 17.1 Å². The van der Waals surface area contributed by atoms with Crippen LogP contribution in [0.2, 0.25) is 0 Å². The van der Waals surface area contributed by atoms with Crippen LogP contribution in [0.1, 0.15) is 23.2 Å². The first kappa shape index (κ1) is 21.5. The van der Waals surface area contributed by atoms with Crippen LogP contribution in [-0.4, -0.2) is 40.0 Å². The van der Waals surface area contributed by atoms with E-state index in [1.807, 2.05) is 42.5 Å². The standard InChI is InChI=1S/C24H23BrN4O4/c1-27-20(30)13-18(26-17-11-8-14(25)12-19(17)33-2)21-22(27)28(15-6-4-3-5-7-15)24(32)29(23(21)31)16-9-10-16/h3-8,11-13,16,24,26,32H,9-10H2,1-2H3. The maximum atomic E-state index is 13.7. The number of carbonyl (C=O) groups excluding carboxylic acids is 1. The van der Waals surface area contributed by atoms with Crippen molar-refractivity contribution < 1.29 is 14.6 Å². The monoisotopic (exact) mass is 510 g/mol. The van der Waals surface area contributed by atoms with Crippen LogP contribution in [0.25, 0.3) is 0 Å². The van der Waals surface area contributed by atoms with Gasteiger partial charge in [0.05, 0.1) is 18.5 Å². The SMILES string of the molecule is COc1cc(Br)ccc1Nc1cc(=O)n(C)c2c1C(=O)N(C1CC1)C(O)N2c1ccccc1. The number of anilines is 4. The number of ether oxygens (including phenoxy) is 1. The molecule has 1 aromatic heterocycles. The van der Waals surface area contributed by atoms with Gasteiger partial charge in [-0.3, -0.25) is 24.0 Å². The molecule has 2 aliphatic rings. The molecule has 2 heterocycles. The normalized spacial score (nSPS) is 17.7. The third-order valence-electron chi connectivity index (χ3n) is 5.97. The minimum atomic E-state index is -1.22. The van der Waals surface area contributed by atoms with Crippen molar-refractivity contribution in [3.63, 3.8) is 0 Å². The fraction of sp³-hybridized carbons (Fsp3) is 0.250. The summed E-state index contributed by atoms with van der Waals surface area (Å²) in [5, 5.41) is 14.5. The van der Waals surface area contributed by atoms with Crippen LogP contribution < -0.4 is 20.5 Å². The van der Waals surface area contributed by atoms with Crippen LogP contribution in [0.3, 0.4) is 0 Å². The molecule has 1 unspecified atom stereocenters. The van der Waals surface area contributed by atoms with Crippen LogP contribution in [0.4, 0.5) is 22.9 Å². The second kappa shape index (κ2) is 8.24. The Balaban J connectivity index is 1.73. The minimum Gasteiger partial charge on any atom is -0.495 e. The molecule has 3 aromatic rings. The molecule has 0 bridgehead atoms. The quantitative estimate of drug-likeness (QED) is 0.540. The summed E-state index contributed by atoms with van der Waals surface area (Å²) in [6, 6.07) is 16.1. The van der Waals surface area contributed by atoms with Gasteiger partial charge in [0.15, 0.2) is 0 Å². The number of carbonyl (C=O) groups is 1. The number of benzene rings is 2. The Kier molecular flexibility index (Phi) is 5.38. The van der Waals surface area contributed by atoms with E-state index >= 15 is 0 Å². The van der Waals surface area contributed by atoms with Crippen LogP contribution in [0.15, 0.2) is 63.9 Å². The van der Waals surface area contributed by atoms with Gasteiger partial charge in [-0.25, -0.2) is 0 Å². The Hall–Kier alpha value is -3.30. The largest absolute Gasteiger partial charge is 0.495 e. The van der Waals surface area contributed by atoms with Crippen LogP contribution in [0, 0.1) is 0 Å². The number of hydrogen-bond acceptors (Lipinski definition) is 6. The second-order valence-electron chi connectivity index (χ2n) is 8.12. The zero-order chi connectivity index (χ0) is 23.3. The van der Waals surface area contributed by atoms with Gasteiger partial charge in [0.2, 0.25) is 6.35 Å². The van der Waals surface area contributed by atoms with Crippen LogP contribution >= 0.6 is 15.9 Å². The lowest BCUT2D eigenvalue weighted by atomic mass is 10.1. The fourth-order valence-corrected chi connectivity index (χ4v) is 4.55. The number of aromatic nitrogens is 1. The van der Waals surface area contributed by atoms with Crippen molar-refractivity contribution in [1.82, 2.24) is 9.47 Å². The molecule has 170 valence electrons. The number of fused-ring (bicyclic) bond motifs is 1. The number of amides is 1. The number of halogens is 1. The molecule has 2 N–H and O–H groups in total. The molecule has 1 aliphatic carbocycles. The van der Waals surface area contributed by atoms with Crippen molar-refractivity contribution >= 4 is 44.7 Å². The highest BCUT2D eigenvalue weighted by Gasteiger charge is 2.47. The Morgan fingerprint density at radius 3 is 2.45 bits per heavy atom. The van der Waals surface area contributed by atoms with Crippen molar-refractivity contribution in [1.29, 1.82) is 0 Å². The van der Waals surface area contributed by atoms with Crippen molar-refractivity contribution in [2.45, 2.75) is 25.2 Å². The topological polar surface area (TPSA) is 87.0 Å². The van der Waals surface area contributed by atoms with E-state index in [2.05, 4.69) is 21.2 Å². The van der Waals surface area contributed by atoms with E-state index in [1.54, 1.807) is 25.1 Å². The summed E-state index contributed by atoms with van der Waals surface area (Å²) in [6.45, 7) is 0. The zero-order valence-electron chi connectivity index (χ0n) is 18.2. The number of nitrogens with zero attached hydrogens (tertiary/aromatic N) is 3. The molecule has 1 amide bonds. The first-order valence-corrected chi connectivity index (χ1v) is 11.4. The molecule has 0 saturated heterocycles. The predicted molar refractivity (Wildman–Crippen MR) is 129 cm³/mol. The van der Waals surface area contributed by atoms with Crippen LogP contribution in [-0.2, 0) is 7.05 Å². The molecule has 1 aliphatic heterocycles. The number of pyridine rings is 1. The number of methoxy groups -OCH3 is 1. The van der Waals surface area contributed by atoms with Crippen LogP contribution in [0.5, 0.6) is 5.75 Å². The summed E-state index contributed by atoms with van der Waals surface area (Å²) in [4.78, 5) is 29.8. The highest BCUT2D eigenvalue weighted by Crippen LogP contribution is 2.43. The molecule has 9 heteroatoms. The molecule has 1 atom stereocenters. The third-order valence-corrected chi connectivity index (χ3v) is 6.47. The van der Waals surface area contributed by atoms with Crippen molar-refractivity contribution in [2.24, 2.45) is 7.05 Å². The first-order valence-electron chi connectivity index (χ1n) is 10.6. The average Bonchev–Trinajstić information content (AvgIpc) is 3.64. The lowest BCUT2D eigenvalue weighted by molar-refractivity contribution is 0.00266. The fourth-order valence-electron chi connectivity index (χ4n) is 4.21. The van der Waals surface area contributed by atoms with E-state index in [0.717, 1.165) is 17.3 Å². The van der Waals surface area contributed by atoms with E-state index in [1.165, 1.54) is 15.5 Å². The lowest BCUT2D eigenvalue weighted by Gasteiger charge is -2.43. The van der Waals surface area contributed by atoms with Gasteiger partial charge in [-0.2, -0.15) is 0 Å². The van der Waals surface area contributed by atoms with Gasteiger partial charge in [0, 0.05) is 29.3 Å². The van der Waals surface area contributed by atoms with Crippen molar-refractivity contribution in [3.05, 3.63) is 75.0 Å². The highest BCUT2D eigenvalue weighted by atomic mass is 79.9. The van der Waals surface area contributed by atoms with E-state index in [0.29, 0.717) is 34.2 Å². The molecule has 5 rings (SSSR count). The average molecular weight is 511 g/mol. The smallest absolute Gasteiger partial charge is 0.263 e. The summed E-state index contributed by atoms with van der Waals surface area (Å²) in [6.07, 6.45) is 0.439. The summed E-state index contributed by atoms with van der Waals surface area (Å²) in [7, 11) is 3.16. The molecule has 1 fully saturated rings. The Morgan fingerprint density at radius 2 is 1.79 bits per heavy atom. The first-order chi connectivity index (χ1) is 15.9. The highest BCUT2D eigenvalue weighted by molar-refractivity contribution is 9.10. The Bertz CT molecular complexity index is 1290. The molecule has 1 saturated carbocycles. The molecular weight excluding hydrogens is 488 g/mol. The van der Waals surface area contributed by atoms with E-state index < -0.39 is 6.35 Å². The maximum absolute atomic E-state index is 13.7. The van der Waals surface area contributed by atoms with E-state index in [9.17, 15) is 14.7 Å². The van der Waals surface area contributed by atoms with Gasteiger partial charge in [-0.1, -0.05) is 34.1 Å². The number of rotatable bonds is 5. The summed E-state index contributed by atoms with van der Waals surface area (Å²) >= 11 is 3.43. The summed E-state index contributed by atoms with van der Waals surface area (Å²) < 4.78 is 7.72. The van der Waals surface area contributed by atoms with Gasteiger partial charge in [-0.05, 0) is 43.2 Å². The van der Waals surface area contributed by atoms with Gasteiger partial charge in [-0.15, -0.1) is 0 Å². The molecule has 0 radical (unpaired) electrons. The van der Waals surface area contributed by atoms with E-state index in [-0.39, 0.29) is 17.5 Å². The van der Waals surface area contributed by atoms with Gasteiger partial charge < -0.3 is 15.2 Å². The van der Waals surface area contributed by atoms with Gasteiger partial charge >= 0.3 is 0 Å². The number of aliphatic hydroxyl groups excluding tert-OH is 1. The Morgan fingerprint density at radius 1 is 1.06 bits per heavy atom. The number of para-hydroxylation sites is 1. The van der Waals surface area contributed by atoms with Crippen molar-refractivity contribution in [2.75, 3.05) is 17.3 Å². The molecule has 0 spiro atoms. The summed E-state index contributed by atoms with van der Waals surface area (Å²) in [5.74, 6) is 0.573. The Labute approximate surface area is 199 Å². The number of hydrogen-bond donors (Lipinski definition) is 2. The molecule has 8 nitrogen and oxygen atoms in total. The number of aliphatic hydroxyl groups is 1. The maximum Gasteiger partial charge on any atom is 0.263 e. The lowest BCUT2D eigenvalue weighted by Crippen LogP contribution is -2.56. The van der Waals surface area contributed by atoms with E-state index in [4.69, 9.17) is 4.74 Å². The number of nitrogens with one attached hydrogen (secondary N) is 1. The molecule has 33 heavy (non-hydrogen) atoms.